The lowest BCUT2D eigenvalue weighted by Gasteiger charge is -2.29. The van der Waals surface area contributed by atoms with Gasteiger partial charge >= 0.3 is 0 Å². The van der Waals surface area contributed by atoms with Crippen molar-refractivity contribution in [2.24, 2.45) is 0 Å². The highest BCUT2D eigenvalue weighted by molar-refractivity contribution is 5.36. The summed E-state index contributed by atoms with van der Waals surface area (Å²) in [6, 6.07) is 4.63. The van der Waals surface area contributed by atoms with E-state index in [1.54, 1.807) is 12.1 Å². The fourth-order valence-electron chi connectivity index (χ4n) is 3.46. The number of hydrogen-bond acceptors (Lipinski definition) is 2. The Morgan fingerprint density at radius 3 is 2.42 bits per heavy atom. The number of halogens is 2. The number of nitriles is 1. The van der Waals surface area contributed by atoms with Crippen LogP contribution >= 0.6 is 0 Å². The summed E-state index contributed by atoms with van der Waals surface area (Å²) in [5.74, 6) is -1.84. The van der Waals surface area contributed by atoms with E-state index in [0.29, 0.717) is 5.56 Å². The number of ether oxygens (including phenoxy) is 1. The Hall–Kier alpha value is -1.47. The van der Waals surface area contributed by atoms with Crippen LogP contribution in [0.5, 0.6) is 0 Å². The molecule has 0 spiro atoms. The number of benzene rings is 1. The van der Waals surface area contributed by atoms with Gasteiger partial charge in [0.25, 0.3) is 0 Å². The van der Waals surface area contributed by atoms with Crippen molar-refractivity contribution in [3.63, 3.8) is 0 Å². The van der Waals surface area contributed by atoms with Crippen molar-refractivity contribution in [3.05, 3.63) is 34.9 Å². The van der Waals surface area contributed by atoms with Crippen LogP contribution in [-0.2, 0) is 4.74 Å². The Balaban J connectivity index is 1.77. The Morgan fingerprint density at radius 2 is 1.75 bits per heavy atom. The van der Waals surface area contributed by atoms with E-state index < -0.39 is 11.6 Å². The summed E-state index contributed by atoms with van der Waals surface area (Å²) in [4.78, 5) is 0. The van der Waals surface area contributed by atoms with Gasteiger partial charge in [-0.05, 0) is 49.7 Å². The van der Waals surface area contributed by atoms with Gasteiger partial charge in [0.15, 0.2) is 11.6 Å². The van der Waals surface area contributed by atoms with Crippen LogP contribution in [-0.4, -0.2) is 12.7 Å². The highest BCUT2D eigenvalue weighted by atomic mass is 19.2. The minimum absolute atomic E-state index is 0.0247. The molecule has 132 valence electrons. The van der Waals surface area contributed by atoms with Gasteiger partial charge in [-0.25, -0.2) is 8.78 Å². The summed E-state index contributed by atoms with van der Waals surface area (Å²) in [7, 11) is 0. The summed E-state index contributed by atoms with van der Waals surface area (Å²) in [6.07, 6.45) is 9.78. The third kappa shape index (κ3) is 5.01. The summed E-state index contributed by atoms with van der Waals surface area (Å²) >= 11 is 0. The van der Waals surface area contributed by atoms with Gasteiger partial charge in [-0.15, -0.1) is 0 Å². The number of nitrogens with zero attached hydrogens (tertiary/aromatic N) is 1. The van der Waals surface area contributed by atoms with E-state index in [4.69, 9.17) is 10.00 Å². The molecule has 1 aromatic carbocycles. The molecule has 0 saturated heterocycles. The van der Waals surface area contributed by atoms with Crippen molar-refractivity contribution in [2.45, 2.75) is 76.7 Å². The largest absolute Gasteiger partial charge is 0.378 e. The van der Waals surface area contributed by atoms with Gasteiger partial charge in [0.2, 0.25) is 0 Å². The first-order valence-electron chi connectivity index (χ1n) is 9.17. The Morgan fingerprint density at radius 1 is 1.04 bits per heavy atom. The molecule has 4 heteroatoms. The smallest absolute Gasteiger partial charge is 0.176 e. The Bertz CT molecular complexity index is 559. The topological polar surface area (TPSA) is 33.0 Å². The van der Waals surface area contributed by atoms with Gasteiger partial charge < -0.3 is 4.74 Å². The van der Waals surface area contributed by atoms with Crippen LogP contribution in [0.2, 0.25) is 0 Å². The molecule has 2 nitrogen and oxygen atoms in total. The lowest BCUT2D eigenvalue weighted by molar-refractivity contribution is 0.0223. The van der Waals surface area contributed by atoms with Crippen molar-refractivity contribution in [1.82, 2.24) is 0 Å². The summed E-state index contributed by atoms with van der Waals surface area (Å²) < 4.78 is 33.8. The third-order valence-corrected chi connectivity index (χ3v) is 4.95. The van der Waals surface area contributed by atoms with Crippen molar-refractivity contribution in [1.29, 1.82) is 5.26 Å². The van der Waals surface area contributed by atoms with E-state index in [2.05, 4.69) is 6.92 Å². The van der Waals surface area contributed by atoms with E-state index in [-0.39, 0.29) is 17.6 Å². The van der Waals surface area contributed by atoms with E-state index in [1.165, 1.54) is 31.7 Å². The predicted octanol–water partition coefficient (Wildman–Crippen LogP) is 5.85. The Kier molecular flexibility index (Phi) is 7.65. The highest BCUT2D eigenvalue weighted by Crippen LogP contribution is 2.36. The Labute approximate surface area is 143 Å². The SMILES string of the molecule is CCCCCCCO[C@H]1CC[C@H](c2ccc(C#N)c(F)c2F)CC1. The zero-order valence-corrected chi connectivity index (χ0v) is 14.5. The molecular weight excluding hydrogens is 308 g/mol. The maximum atomic E-state index is 14.1. The van der Waals surface area contributed by atoms with E-state index in [0.717, 1.165) is 38.7 Å². The first kappa shape index (κ1) is 18.9. The van der Waals surface area contributed by atoms with Crippen LogP contribution in [0.15, 0.2) is 12.1 Å². The molecule has 0 unspecified atom stereocenters. The van der Waals surface area contributed by atoms with Gasteiger partial charge in [0.1, 0.15) is 6.07 Å². The summed E-state index contributed by atoms with van der Waals surface area (Å²) in [5, 5.41) is 8.76. The molecular formula is C20H27F2NO. The van der Waals surface area contributed by atoms with Crippen molar-refractivity contribution >= 4 is 0 Å². The fourth-order valence-corrected chi connectivity index (χ4v) is 3.46. The van der Waals surface area contributed by atoms with Crippen LogP contribution in [0.4, 0.5) is 8.78 Å². The number of hydrogen-bond donors (Lipinski definition) is 0. The number of rotatable bonds is 8. The molecule has 0 N–H and O–H groups in total. The second-order valence-electron chi connectivity index (χ2n) is 6.70. The van der Waals surface area contributed by atoms with Gasteiger partial charge in [-0.2, -0.15) is 5.26 Å². The summed E-state index contributed by atoms with van der Waals surface area (Å²) in [6.45, 7) is 3.01. The maximum absolute atomic E-state index is 14.1. The van der Waals surface area contributed by atoms with Crippen molar-refractivity contribution in [2.75, 3.05) is 6.61 Å². The minimum Gasteiger partial charge on any atom is -0.378 e. The van der Waals surface area contributed by atoms with Crippen molar-refractivity contribution < 1.29 is 13.5 Å². The van der Waals surface area contributed by atoms with Crippen LogP contribution in [0, 0.1) is 23.0 Å². The normalized spacial score (nSPS) is 20.8. The van der Waals surface area contributed by atoms with Gasteiger partial charge in [0, 0.05) is 6.61 Å². The van der Waals surface area contributed by atoms with Crippen LogP contribution in [0.25, 0.3) is 0 Å². The molecule has 0 aliphatic heterocycles. The first-order valence-corrected chi connectivity index (χ1v) is 9.17. The van der Waals surface area contributed by atoms with Crippen LogP contribution in [0.3, 0.4) is 0 Å². The average Bonchev–Trinajstić information content (AvgIpc) is 2.61. The predicted molar refractivity (Wildman–Crippen MR) is 90.8 cm³/mol. The monoisotopic (exact) mass is 335 g/mol. The molecule has 0 amide bonds. The second kappa shape index (κ2) is 9.74. The molecule has 1 aromatic rings. The van der Waals surface area contributed by atoms with Crippen LogP contribution < -0.4 is 0 Å². The first-order chi connectivity index (χ1) is 11.7. The standard InChI is InChI=1S/C20H27F2NO/c1-2-3-4-5-6-13-24-17-10-7-15(8-11-17)18-12-9-16(14-23)19(21)20(18)22/h9,12,15,17H,2-8,10-11,13H2,1H3/t15-,17-. The highest BCUT2D eigenvalue weighted by Gasteiger charge is 2.26. The second-order valence-corrected chi connectivity index (χ2v) is 6.70. The molecule has 0 atom stereocenters. The maximum Gasteiger partial charge on any atom is 0.176 e. The minimum atomic E-state index is -1.01. The molecule has 1 aliphatic rings. The van der Waals surface area contributed by atoms with E-state index in [9.17, 15) is 8.78 Å². The summed E-state index contributed by atoms with van der Waals surface area (Å²) in [5.41, 5.74) is 0.181. The zero-order chi connectivity index (χ0) is 17.4. The molecule has 0 radical (unpaired) electrons. The van der Waals surface area contributed by atoms with Gasteiger partial charge in [0.05, 0.1) is 11.7 Å². The van der Waals surface area contributed by atoms with Gasteiger partial charge in [-0.3, -0.25) is 0 Å². The molecule has 1 aliphatic carbocycles. The molecule has 24 heavy (non-hydrogen) atoms. The molecule has 2 rings (SSSR count). The molecule has 1 saturated carbocycles. The fraction of sp³-hybridized carbons (Fsp3) is 0.650. The third-order valence-electron chi connectivity index (χ3n) is 4.95. The molecule has 1 fully saturated rings. The zero-order valence-electron chi connectivity index (χ0n) is 14.5. The quantitative estimate of drug-likeness (QED) is 0.558. The number of unbranched alkanes of at least 4 members (excludes halogenated alkanes) is 4. The molecule has 0 heterocycles. The van der Waals surface area contributed by atoms with E-state index >= 15 is 0 Å². The van der Waals surface area contributed by atoms with Crippen LogP contribution in [0.1, 0.15) is 81.8 Å². The van der Waals surface area contributed by atoms with Crippen molar-refractivity contribution in [3.8, 4) is 6.07 Å². The molecule has 0 aromatic heterocycles. The molecule has 0 bridgehead atoms. The lowest BCUT2D eigenvalue weighted by Crippen LogP contribution is -2.22. The average molecular weight is 335 g/mol. The van der Waals surface area contributed by atoms with Gasteiger partial charge in [-0.1, -0.05) is 38.7 Å². The van der Waals surface area contributed by atoms with E-state index in [1.807, 2.05) is 0 Å². The lowest BCUT2D eigenvalue weighted by atomic mass is 9.82.